The van der Waals surface area contributed by atoms with Crippen molar-refractivity contribution in [1.82, 2.24) is 20.2 Å². The maximum absolute atomic E-state index is 11.7. The highest BCUT2D eigenvalue weighted by molar-refractivity contribution is 5.76. The Kier molecular flexibility index (Phi) is 2.40. The number of aromatic nitrogens is 2. The second-order valence-corrected chi connectivity index (χ2v) is 4.64. The number of amides is 1. The lowest BCUT2D eigenvalue weighted by Gasteiger charge is -2.27. The Labute approximate surface area is 94.2 Å². The highest BCUT2D eigenvalue weighted by atomic mass is 16.2. The zero-order valence-corrected chi connectivity index (χ0v) is 9.15. The van der Waals surface area contributed by atoms with E-state index in [1.54, 1.807) is 6.33 Å². The van der Waals surface area contributed by atoms with E-state index in [9.17, 15) is 4.79 Å². The minimum Gasteiger partial charge on any atom is -0.352 e. The molecule has 2 aliphatic rings. The highest BCUT2D eigenvalue weighted by Crippen LogP contribution is 2.20. The largest absolute Gasteiger partial charge is 0.352 e. The topological polar surface area (TPSA) is 59.0 Å². The van der Waals surface area contributed by atoms with Crippen molar-refractivity contribution >= 4 is 5.91 Å². The van der Waals surface area contributed by atoms with Crippen LogP contribution in [0.5, 0.6) is 0 Å². The molecule has 0 bridgehead atoms. The fraction of sp³-hybridized carbons (Fsp3) is 0.636. The molecule has 2 N–H and O–H groups in total. The Hall–Kier alpha value is -1.36. The van der Waals surface area contributed by atoms with E-state index in [-0.39, 0.29) is 5.91 Å². The number of hydrogen-bond acceptors (Lipinski definition) is 3. The normalized spacial score (nSPS) is 20.5. The van der Waals surface area contributed by atoms with Gasteiger partial charge in [-0.3, -0.25) is 4.79 Å². The van der Waals surface area contributed by atoms with Crippen molar-refractivity contribution in [2.24, 2.45) is 0 Å². The lowest BCUT2D eigenvalue weighted by atomic mass is 10.00. The van der Waals surface area contributed by atoms with Gasteiger partial charge in [-0.1, -0.05) is 0 Å². The van der Waals surface area contributed by atoms with Crippen LogP contribution in [0.1, 0.15) is 24.5 Å². The Morgan fingerprint density at radius 2 is 2.38 bits per heavy atom. The Balaban J connectivity index is 1.63. The first-order chi connectivity index (χ1) is 7.83. The molecule has 16 heavy (non-hydrogen) atoms. The van der Waals surface area contributed by atoms with Gasteiger partial charge in [0.25, 0.3) is 0 Å². The fourth-order valence-electron chi connectivity index (χ4n) is 1.96. The van der Waals surface area contributed by atoms with Crippen LogP contribution in [0.25, 0.3) is 0 Å². The molecule has 3 rings (SSSR count). The van der Waals surface area contributed by atoms with E-state index in [0.29, 0.717) is 18.5 Å². The number of nitrogens with one attached hydrogen (secondary N) is 2. The van der Waals surface area contributed by atoms with Gasteiger partial charge in [-0.2, -0.15) is 0 Å². The molecule has 1 saturated carbocycles. The molecule has 1 aliphatic carbocycles. The molecule has 5 heteroatoms. The molecule has 0 atom stereocenters. The van der Waals surface area contributed by atoms with E-state index in [2.05, 4.69) is 15.6 Å². The molecule has 5 nitrogen and oxygen atoms in total. The van der Waals surface area contributed by atoms with Crippen molar-refractivity contribution in [3.05, 3.63) is 18.2 Å². The first kappa shape index (κ1) is 9.84. The van der Waals surface area contributed by atoms with Gasteiger partial charge in [0.05, 0.1) is 6.33 Å². The van der Waals surface area contributed by atoms with Gasteiger partial charge in [0.2, 0.25) is 5.91 Å². The van der Waals surface area contributed by atoms with Gasteiger partial charge in [0.15, 0.2) is 0 Å². The smallest absolute Gasteiger partial charge is 0.240 e. The molecule has 1 aromatic heterocycles. The molecule has 0 aromatic carbocycles. The molecule has 1 amide bonds. The van der Waals surface area contributed by atoms with Crippen LogP contribution < -0.4 is 10.6 Å². The van der Waals surface area contributed by atoms with E-state index < -0.39 is 0 Å². The fourth-order valence-corrected chi connectivity index (χ4v) is 1.96. The van der Waals surface area contributed by atoms with Gasteiger partial charge in [-0.15, -0.1) is 0 Å². The van der Waals surface area contributed by atoms with Gasteiger partial charge in [-0.05, 0) is 12.8 Å². The standard InChI is InChI=1S/C11H16N4O/c16-11(14-9-1-2-9)6-15-7-13-5-10(15)8-3-12-4-8/h5,7-9,12H,1-4,6H2,(H,14,16). The van der Waals surface area contributed by atoms with Crippen LogP contribution in [-0.2, 0) is 11.3 Å². The van der Waals surface area contributed by atoms with Crippen molar-refractivity contribution in [2.75, 3.05) is 13.1 Å². The first-order valence-electron chi connectivity index (χ1n) is 5.83. The minimum absolute atomic E-state index is 0.106. The molecular weight excluding hydrogens is 204 g/mol. The summed E-state index contributed by atoms with van der Waals surface area (Å²) in [6.07, 6.45) is 5.89. The Morgan fingerprint density at radius 3 is 3.00 bits per heavy atom. The SMILES string of the molecule is O=C(Cn1cncc1C1CNC1)NC1CC1. The third-order valence-corrected chi connectivity index (χ3v) is 3.20. The Morgan fingerprint density at radius 1 is 1.56 bits per heavy atom. The molecule has 1 saturated heterocycles. The second-order valence-electron chi connectivity index (χ2n) is 4.64. The summed E-state index contributed by atoms with van der Waals surface area (Å²) in [4.78, 5) is 15.8. The van der Waals surface area contributed by atoms with Gasteiger partial charge in [0, 0.05) is 36.9 Å². The maximum Gasteiger partial charge on any atom is 0.240 e. The van der Waals surface area contributed by atoms with E-state index in [1.165, 1.54) is 5.69 Å². The predicted molar refractivity (Wildman–Crippen MR) is 59.0 cm³/mol. The van der Waals surface area contributed by atoms with Gasteiger partial charge >= 0.3 is 0 Å². The van der Waals surface area contributed by atoms with E-state index >= 15 is 0 Å². The molecule has 86 valence electrons. The average Bonchev–Trinajstić information content (AvgIpc) is 2.86. The van der Waals surface area contributed by atoms with E-state index in [1.807, 2.05) is 10.8 Å². The quantitative estimate of drug-likeness (QED) is 0.742. The second kappa shape index (κ2) is 3.90. The van der Waals surface area contributed by atoms with Crippen LogP contribution in [0.2, 0.25) is 0 Å². The first-order valence-corrected chi connectivity index (χ1v) is 5.83. The summed E-state index contributed by atoms with van der Waals surface area (Å²) in [5.74, 6) is 0.630. The van der Waals surface area contributed by atoms with Crippen molar-refractivity contribution in [1.29, 1.82) is 0 Å². The number of carbonyl (C=O) groups excluding carboxylic acids is 1. The third kappa shape index (κ3) is 1.95. The summed E-state index contributed by atoms with van der Waals surface area (Å²) in [5.41, 5.74) is 1.17. The van der Waals surface area contributed by atoms with Crippen molar-refractivity contribution in [3.63, 3.8) is 0 Å². The van der Waals surface area contributed by atoms with Crippen LogP contribution in [0.4, 0.5) is 0 Å². The molecule has 0 spiro atoms. The summed E-state index contributed by atoms with van der Waals surface area (Å²) in [5, 5.41) is 6.22. The molecule has 1 aliphatic heterocycles. The molecule has 2 fully saturated rings. The highest BCUT2D eigenvalue weighted by Gasteiger charge is 2.25. The minimum atomic E-state index is 0.106. The number of carbonyl (C=O) groups is 1. The van der Waals surface area contributed by atoms with Crippen molar-refractivity contribution < 1.29 is 4.79 Å². The summed E-state index contributed by atoms with van der Waals surface area (Å²) in [7, 11) is 0. The number of rotatable bonds is 4. The van der Waals surface area contributed by atoms with Gasteiger partial charge in [0.1, 0.15) is 6.54 Å². The number of imidazole rings is 1. The molecule has 0 unspecified atom stereocenters. The molecule has 1 aromatic rings. The van der Waals surface area contributed by atoms with Crippen LogP contribution in [0, 0.1) is 0 Å². The van der Waals surface area contributed by atoms with E-state index in [4.69, 9.17) is 0 Å². The van der Waals surface area contributed by atoms with Gasteiger partial charge in [-0.25, -0.2) is 4.98 Å². The van der Waals surface area contributed by atoms with Crippen molar-refractivity contribution in [3.8, 4) is 0 Å². The van der Waals surface area contributed by atoms with Crippen LogP contribution in [0.15, 0.2) is 12.5 Å². The lowest BCUT2D eigenvalue weighted by Crippen LogP contribution is -2.41. The van der Waals surface area contributed by atoms with Crippen LogP contribution >= 0.6 is 0 Å². The summed E-state index contributed by atoms with van der Waals surface area (Å²) >= 11 is 0. The summed E-state index contributed by atoms with van der Waals surface area (Å²) in [6.45, 7) is 2.40. The molecule has 2 heterocycles. The average molecular weight is 220 g/mol. The maximum atomic E-state index is 11.7. The predicted octanol–water partition coefficient (Wildman–Crippen LogP) is -0.151. The molecule has 0 radical (unpaired) electrons. The van der Waals surface area contributed by atoms with Crippen LogP contribution in [-0.4, -0.2) is 34.6 Å². The van der Waals surface area contributed by atoms with Crippen molar-refractivity contribution in [2.45, 2.75) is 31.3 Å². The number of nitrogens with zero attached hydrogens (tertiary/aromatic N) is 2. The van der Waals surface area contributed by atoms with E-state index in [0.717, 1.165) is 25.9 Å². The third-order valence-electron chi connectivity index (χ3n) is 3.20. The monoisotopic (exact) mass is 220 g/mol. The van der Waals surface area contributed by atoms with Gasteiger partial charge < -0.3 is 15.2 Å². The lowest BCUT2D eigenvalue weighted by molar-refractivity contribution is -0.121. The van der Waals surface area contributed by atoms with Crippen LogP contribution in [0.3, 0.4) is 0 Å². The number of hydrogen-bond donors (Lipinski definition) is 2. The zero-order chi connectivity index (χ0) is 11.0. The molecular formula is C11H16N4O. The summed E-state index contributed by atoms with van der Waals surface area (Å²) in [6, 6.07) is 0.435. The Bertz CT molecular complexity index is 392. The zero-order valence-electron chi connectivity index (χ0n) is 9.15. The summed E-state index contributed by atoms with van der Waals surface area (Å²) < 4.78 is 1.96.